The maximum absolute atomic E-state index is 12.5. The number of ether oxygens (including phenoxy) is 4. The molecule has 22 heavy (non-hydrogen) atoms. The van der Waals surface area contributed by atoms with Crippen molar-refractivity contribution in [3.05, 3.63) is 0 Å². The molecule has 1 fully saturated rings. The molecule has 8 heteroatoms. The summed E-state index contributed by atoms with van der Waals surface area (Å²) in [6.07, 6.45) is -2.50. The molecule has 0 spiro atoms. The fraction of sp³-hybridized carbons (Fsp3) is 0.857. The Bertz CT molecular complexity index is 402. The normalized spacial score (nSPS) is 25.5. The molecular weight excluding hydrogens is 294 g/mol. The summed E-state index contributed by atoms with van der Waals surface area (Å²) < 4.78 is 20.3. The second-order valence-corrected chi connectivity index (χ2v) is 6.07. The Morgan fingerprint density at radius 1 is 1.18 bits per heavy atom. The van der Waals surface area contributed by atoms with Crippen molar-refractivity contribution in [1.29, 1.82) is 0 Å². The highest BCUT2D eigenvalue weighted by molar-refractivity contribution is 5.83. The van der Waals surface area contributed by atoms with Gasteiger partial charge in [0, 0.05) is 20.6 Å². The molecule has 128 valence electrons. The maximum atomic E-state index is 12.5. The van der Waals surface area contributed by atoms with Crippen molar-refractivity contribution >= 4 is 12.1 Å². The van der Waals surface area contributed by atoms with E-state index >= 15 is 0 Å². The highest BCUT2D eigenvalue weighted by Gasteiger charge is 2.52. The van der Waals surface area contributed by atoms with Crippen molar-refractivity contribution in [3.8, 4) is 0 Å². The first-order valence-corrected chi connectivity index (χ1v) is 6.99. The van der Waals surface area contributed by atoms with Crippen LogP contribution in [0.5, 0.6) is 0 Å². The number of aliphatic hydroxyl groups is 1. The summed E-state index contributed by atoms with van der Waals surface area (Å²) in [7, 11) is 4.03. The van der Waals surface area contributed by atoms with Crippen molar-refractivity contribution in [3.63, 3.8) is 0 Å². The van der Waals surface area contributed by atoms with Gasteiger partial charge in [-0.2, -0.15) is 0 Å². The average Bonchev–Trinajstić information content (AvgIpc) is 2.75. The van der Waals surface area contributed by atoms with E-state index in [2.05, 4.69) is 4.74 Å². The number of hydrogen-bond acceptors (Lipinski definition) is 7. The molecule has 8 nitrogen and oxygen atoms in total. The third kappa shape index (κ3) is 4.08. The van der Waals surface area contributed by atoms with E-state index in [0.717, 1.165) is 4.90 Å². The van der Waals surface area contributed by atoms with Gasteiger partial charge in [0.15, 0.2) is 12.3 Å². The van der Waals surface area contributed by atoms with Crippen LogP contribution in [0.2, 0.25) is 0 Å². The Balaban J connectivity index is 3.12. The number of hydrogen-bond donors (Lipinski definition) is 1. The minimum absolute atomic E-state index is 0.116. The molecule has 1 aliphatic heterocycles. The van der Waals surface area contributed by atoms with Crippen LogP contribution in [0, 0.1) is 0 Å². The van der Waals surface area contributed by atoms with Crippen LogP contribution in [0.1, 0.15) is 27.2 Å². The van der Waals surface area contributed by atoms with E-state index in [1.165, 1.54) is 21.3 Å². The number of likely N-dealkylation sites (tertiary alicyclic amines) is 1. The Labute approximate surface area is 130 Å². The molecule has 0 bridgehead atoms. The smallest absolute Gasteiger partial charge is 0.411 e. The standard InChI is InChI=1S/C14H25NO7/c1-14(2,3)22-13(18)15-8(12(20-5)21-6)7-9(16)10(15)11(17)19-4/h8-10,12,16H,7H2,1-6H3/t8-,9-,10+/m1/s1. The van der Waals surface area contributed by atoms with Crippen molar-refractivity contribution in [2.75, 3.05) is 21.3 Å². The molecule has 1 saturated heterocycles. The second kappa shape index (κ2) is 7.26. The van der Waals surface area contributed by atoms with Gasteiger partial charge in [0.1, 0.15) is 5.60 Å². The van der Waals surface area contributed by atoms with Crippen LogP contribution in [-0.4, -0.2) is 73.5 Å². The maximum Gasteiger partial charge on any atom is 0.411 e. The number of esters is 1. The minimum atomic E-state index is -1.15. The molecule has 1 aliphatic rings. The van der Waals surface area contributed by atoms with Gasteiger partial charge in [-0.25, -0.2) is 9.59 Å². The lowest BCUT2D eigenvalue weighted by molar-refractivity contribution is -0.156. The predicted molar refractivity (Wildman–Crippen MR) is 76.1 cm³/mol. The summed E-state index contributed by atoms with van der Waals surface area (Å²) in [4.78, 5) is 25.5. The van der Waals surface area contributed by atoms with Crippen LogP contribution >= 0.6 is 0 Å². The summed E-state index contributed by atoms with van der Waals surface area (Å²) in [5.41, 5.74) is -0.745. The molecule has 0 unspecified atom stereocenters. The number of methoxy groups -OCH3 is 3. The molecule has 0 aliphatic carbocycles. The molecular formula is C14H25NO7. The monoisotopic (exact) mass is 319 g/mol. The first-order chi connectivity index (χ1) is 10.2. The second-order valence-electron chi connectivity index (χ2n) is 6.07. The van der Waals surface area contributed by atoms with E-state index in [-0.39, 0.29) is 6.42 Å². The van der Waals surface area contributed by atoms with Crippen LogP contribution in [0.25, 0.3) is 0 Å². The van der Waals surface area contributed by atoms with Gasteiger partial charge in [-0.3, -0.25) is 4.90 Å². The summed E-state index contributed by atoms with van der Waals surface area (Å²) >= 11 is 0. The topological polar surface area (TPSA) is 94.5 Å². The van der Waals surface area contributed by atoms with E-state index in [0.29, 0.717) is 0 Å². The minimum Gasteiger partial charge on any atom is -0.467 e. The van der Waals surface area contributed by atoms with Gasteiger partial charge in [-0.05, 0) is 20.8 Å². The molecule has 3 atom stereocenters. The zero-order valence-electron chi connectivity index (χ0n) is 13.9. The molecule has 0 aromatic heterocycles. The van der Waals surface area contributed by atoms with Gasteiger partial charge in [0.2, 0.25) is 0 Å². The van der Waals surface area contributed by atoms with E-state index in [4.69, 9.17) is 14.2 Å². The molecule has 1 heterocycles. The molecule has 1 amide bonds. The molecule has 1 N–H and O–H groups in total. The lowest BCUT2D eigenvalue weighted by atomic mass is 10.1. The highest BCUT2D eigenvalue weighted by Crippen LogP contribution is 2.31. The fourth-order valence-corrected chi connectivity index (χ4v) is 2.49. The summed E-state index contributed by atoms with van der Waals surface area (Å²) in [5.74, 6) is -0.716. The number of amides is 1. The summed E-state index contributed by atoms with van der Waals surface area (Å²) in [5, 5.41) is 10.2. The van der Waals surface area contributed by atoms with Crippen LogP contribution in [0.4, 0.5) is 4.79 Å². The highest BCUT2D eigenvalue weighted by atomic mass is 16.7. The van der Waals surface area contributed by atoms with Gasteiger partial charge in [0.05, 0.1) is 19.3 Å². The molecule has 0 radical (unpaired) electrons. The van der Waals surface area contributed by atoms with Gasteiger partial charge < -0.3 is 24.1 Å². The lowest BCUT2D eigenvalue weighted by Gasteiger charge is -2.33. The van der Waals surface area contributed by atoms with Gasteiger partial charge in [-0.15, -0.1) is 0 Å². The van der Waals surface area contributed by atoms with E-state index in [9.17, 15) is 14.7 Å². The third-order valence-corrected chi connectivity index (χ3v) is 3.33. The predicted octanol–water partition coefficient (Wildman–Crippen LogP) is 0.517. The third-order valence-electron chi connectivity index (χ3n) is 3.33. The van der Waals surface area contributed by atoms with Crippen LogP contribution in [0.15, 0.2) is 0 Å². The van der Waals surface area contributed by atoms with Crippen LogP contribution < -0.4 is 0 Å². The zero-order chi connectivity index (χ0) is 17.1. The quantitative estimate of drug-likeness (QED) is 0.596. The van der Waals surface area contributed by atoms with Crippen LogP contribution in [0.3, 0.4) is 0 Å². The summed E-state index contributed by atoms with van der Waals surface area (Å²) in [6, 6.07) is -1.82. The zero-order valence-corrected chi connectivity index (χ0v) is 13.9. The van der Waals surface area contributed by atoms with Gasteiger partial charge in [0.25, 0.3) is 0 Å². The Morgan fingerprint density at radius 2 is 1.73 bits per heavy atom. The molecule has 0 aromatic carbocycles. The van der Waals surface area contributed by atoms with Crippen molar-refractivity contribution in [1.82, 2.24) is 4.90 Å². The Morgan fingerprint density at radius 3 is 2.14 bits per heavy atom. The number of carbonyl (C=O) groups is 2. The van der Waals surface area contributed by atoms with E-state index in [1.807, 2.05) is 0 Å². The largest absolute Gasteiger partial charge is 0.467 e. The number of nitrogens with zero attached hydrogens (tertiary/aromatic N) is 1. The van der Waals surface area contributed by atoms with E-state index < -0.39 is 42.1 Å². The van der Waals surface area contributed by atoms with Crippen molar-refractivity contribution < 1.29 is 33.6 Å². The average molecular weight is 319 g/mol. The van der Waals surface area contributed by atoms with Gasteiger partial charge >= 0.3 is 12.1 Å². The fourth-order valence-electron chi connectivity index (χ4n) is 2.49. The van der Waals surface area contributed by atoms with Crippen LogP contribution in [-0.2, 0) is 23.7 Å². The summed E-state index contributed by atoms with van der Waals surface area (Å²) in [6.45, 7) is 5.14. The van der Waals surface area contributed by atoms with Gasteiger partial charge in [-0.1, -0.05) is 0 Å². The Hall–Kier alpha value is -1.38. The first kappa shape index (κ1) is 18.7. The van der Waals surface area contributed by atoms with E-state index in [1.54, 1.807) is 20.8 Å². The number of rotatable bonds is 4. The van der Waals surface area contributed by atoms with Crippen molar-refractivity contribution in [2.45, 2.75) is 57.3 Å². The Kier molecular flexibility index (Phi) is 6.16. The first-order valence-electron chi connectivity index (χ1n) is 6.99. The number of carbonyl (C=O) groups excluding carboxylic acids is 2. The molecule has 1 rings (SSSR count). The lowest BCUT2D eigenvalue weighted by Crippen LogP contribution is -2.53. The SMILES string of the molecule is COC(=O)[C@@H]1[C@H](O)C[C@H](C(OC)OC)N1C(=O)OC(C)(C)C. The van der Waals surface area contributed by atoms with Crippen molar-refractivity contribution in [2.24, 2.45) is 0 Å². The molecule has 0 saturated carbocycles. The number of aliphatic hydroxyl groups excluding tert-OH is 1. The molecule has 0 aromatic rings.